The van der Waals surface area contributed by atoms with E-state index in [0.717, 1.165) is 31.7 Å². The fourth-order valence-corrected chi connectivity index (χ4v) is 3.78. The lowest BCUT2D eigenvalue weighted by Gasteiger charge is -2.26. The second-order valence-electron chi connectivity index (χ2n) is 6.12. The summed E-state index contributed by atoms with van der Waals surface area (Å²) < 4.78 is 10.2. The van der Waals surface area contributed by atoms with E-state index < -0.39 is 0 Å². The maximum atomic E-state index is 12.8. The number of hydrogen-bond acceptors (Lipinski definition) is 7. The number of anilines is 1. The maximum absolute atomic E-state index is 12.8. The first-order chi connectivity index (χ1) is 11.7. The molecule has 2 aliphatic heterocycles. The molecule has 2 aromatic rings. The Morgan fingerprint density at radius 2 is 2.12 bits per heavy atom. The minimum atomic E-state index is 0.00312. The van der Waals surface area contributed by atoms with E-state index in [9.17, 15) is 4.79 Å². The summed E-state index contributed by atoms with van der Waals surface area (Å²) in [4.78, 5) is 25.4. The SMILES string of the molecule is COc1cc(N2CC[C@H]3[C@H]2CCN3C(=O)c2cnoc2C)ncn1. The molecule has 0 aliphatic carbocycles. The maximum Gasteiger partial charge on any atom is 0.259 e. The molecule has 2 saturated heterocycles. The highest BCUT2D eigenvalue weighted by molar-refractivity contribution is 5.95. The molecule has 2 fully saturated rings. The van der Waals surface area contributed by atoms with Crippen molar-refractivity contribution in [2.75, 3.05) is 25.1 Å². The smallest absolute Gasteiger partial charge is 0.259 e. The van der Waals surface area contributed by atoms with Gasteiger partial charge in [0.05, 0.1) is 25.4 Å². The van der Waals surface area contributed by atoms with Gasteiger partial charge in [-0.1, -0.05) is 5.16 Å². The molecule has 0 bridgehead atoms. The molecule has 0 radical (unpaired) electrons. The molecule has 2 aliphatic rings. The van der Waals surface area contributed by atoms with Crippen LogP contribution in [-0.2, 0) is 0 Å². The Bertz CT molecular complexity index is 762. The van der Waals surface area contributed by atoms with Gasteiger partial charge in [0.15, 0.2) is 0 Å². The zero-order chi connectivity index (χ0) is 16.7. The number of fused-ring (bicyclic) bond motifs is 1. The van der Waals surface area contributed by atoms with Gasteiger partial charge >= 0.3 is 0 Å². The molecule has 4 heterocycles. The number of amides is 1. The number of aryl methyl sites for hydroxylation is 1. The summed E-state index contributed by atoms with van der Waals surface area (Å²) >= 11 is 0. The first kappa shape index (κ1) is 14.9. The Hall–Kier alpha value is -2.64. The highest BCUT2D eigenvalue weighted by Gasteiger charge is 2.45. The fourth-order valence-electron chi connectivity index (χ4n) is 3.78. The van der Waals surface area contributed by atoms with Gasteiger partial charge in [-0.3, -0.25) is 4.79 Å². The van der Waals surface area contributed by atoms with E-state index in [4.69, 9.17) is 9.26 Å². The molecule has 24 heavy (non-hydrogen) atoms. The van der Waals surface area contributed by atoms with Crippen LogP contribution in [0.3, 0.4) is 0 Å². The van der Waals surface area contributed by atoms with Crippen LogP contribution in [0.4, 0.5) is 5.82 Å². The van der Waals surface area contributed by atoms with E-state index in [1.54, 1.807) is 14.0 Å². The number of hydrogen-bond donors (Lipinski definition) is 0. The molecule has 126 valence electrons. The zero-order valence-corrected chi connectivity index (χ0v) is 13.7. The summed E-state index contributed by atoms with van der Waals surface area (Å²) in [7, 11) is 1.59. The standard InChI is InChI=1S/C16H19N5O3/c1-10-11(8-19-24-10)16(22)21-6-4-12-13(21)3-5-20(12)14-7-15(23-2)18-9-17-14/h7-9,12-13H,3-6H2,1-2H3/t12-,13+/m1/s1. The summed E-state index contributed by atoms with van der Waals surface area (Å²) in [6, 6.07) is 2.30. The molecule has 4 rings (SSSR count). The molecule has 0 unspecified atom stereocenters. The number of carbonyl (C=O) groups excluding carboxylic acids is 1. The zero-order valence-electron chi connectivity index (χ0n) is 13.7. The van der Waals surface area contributed by atoms with Gasteiger partial charge in [-0.2, -0.15) is 0 Å². The fraction of sp³-hybridized carbons (Fsp3) is 0.500. The predicted molar refractivity (Wildman–Crippen MR) is 85.0 cm³/mol. The average Bonchev–Trinajstić information content (AvgIpc) is 3.30. The third-order valence-corrected chi connectivity index (χ3v) is 4.95. The van der Waals surface area contributed by atoms with Gasteiger partial charge in [0.25, 0.3) is 5.91 Å². The Morgan fingerprint density at radius 1 is 1.29 bits per heavy atom. The number of methoxy groups -OCH3 is 1. The lowest BCUT2D eigenvalue weighted by Crippen LogP contribution is -2.40. The molecule has 0 aromatic carbocycles. The summed E-state index contributed by atoms with van der Waals surface area (Å²) in [5.41, 5.74) is 0.554. The van der Waals surface area contributed by atoms with Crippen molar-refractivity contribution in [1.29, 1.82) is 0 Å². The van der Waals surface area contributed by atoms with Crippen molar-refractivity contribution in [2.45, 2.75) is 31.8 Å². The Labute approximate surface area is 139 Å². The van der Waals surface area contributed by atoms with E-state index in [1.807, 2.05) is 11.0 Å². The molecular formula is C16H19N5O3. The highest BCUT2D eigenvalue weighted by atomic mass is 16.5. The normalized spacial score (nSPS) is 22.8. The molecule has 1 amide bonds. The topological polar surface area (TPSA) is 84.6 Å². The molecule has 0 N–H and O–H groups in total. The summed E-state index contributed by atoms with van der Waals surface area (Å²) in [5.74, 6) is 1.97. The number of carbonyl (C=O) groups is 1. The van der Waals surface area contributed by atoms with E-state index in [-0.39, 0.29) is 18.0 Å². The van der Waals surface area contributed by atoms with E-state index in [1.165, 1.54) is 12.5 Å². The average molecular weight is 329 g/mol. The summed E-state index contributed by atoms with van der Waals surface area (Å²) in [5, 5.41) is 3.72. The van der Waals surface area contributed by atoms with E-state index in [2.05, 4.69) is 20.0 Å². The highest BCUT2D eigenvalue weighted by Crippen LogP contribution is 2.35. The lowest BCUT2D eigenvalue weighted by molar-refractivity contribution is 0.0736. The van der Waals surface area contributed by atoms with Crippen LogP contribution in [0, 0.1) is 6.92 Å². The van der Waals surface area contributed by atoms with Crippen molar-refractivity contribution in [2.24, 2.45) is 0 Å². The lowest BCUT2D eigenvalue weighted by atomic mass is 10.1. The van der Waals surface area contributed by atoms with Gasteiger partial charge in [0.1, 0.15) is 23.5 Å². The third-order valence-electron chi connectivity index (χ3n) is 4.95. The van der Waals surface area contributed by atoms with Crippen molar-refractivity contribution in [1.82, 2.24) is 20.0 Å². The van der Waals surface area contributed by atoms with Crippen molar-refractivity contribution in [3.05, 3.63) is 29.9 Å². The van der Waals surface area contributed by atoms with Gasteiger partial charge < -0.3 is 19.1 Å². The number of rotatable bonds is 3. The number of ether oxygens (including phenoxy) is 1. The van der Waals surface area contributed by atoms with Gasteiger partial charge in [0, 0.05) is 19.2 Å². The van der Waals surface area contributed by atoms with Crippen molar-refractivity contribution >= 4 is 11.7 Å². The molecule has 2 aromatic heterocycles. The van der Waals surface area contributed by atoms with Crippen LogP contribution in [0.15, 0.2) is 23.1 Å². The summed E-state index contributed by atoms with van der Waals surface area (Å²) in [6.45, 7) is 3.36. The van der Waals surface area contributed by atoms with Crippen LogP contribution >= 0.6 is 0 Å². The molecule has 2 atom stereocenters. The monoisotopic (exact) mass is 329 g/mol. The first-order valence-electron chi connectivity index (χ1n) is 8.04. The van der Waals surface area contributed by atoms with Gasteiger partial charge in [0.2, 0.25) is 5.88 Å². The first-order valence-corrected chi connectivity index (χ1v) is 8.04. The quantitative estimate of drug-likeness (QED) is 0.838. The minimum Gasteiger partial charge on any atom is -0.481 e. The van der Waals surface area contributed by atoms with E-state index >= 15 is 0 Å². The molecule has 8 nitrogen and oxygen atoms in total. The predicted octanol–water partition coefficient (Wildman–Crippen LogP) is 1.28. The largest absolute Gasteiger partial charge is 0.481 e. The van der Waals surface area contributed by atoms with Gasteiger partial charge in [-0.05, 0) is 19.8 Å². The second kappa shape index (κ2) is 5.77. The van der Waals surface area contributed by atoms with Gasteiger partial charge in [-0.15, -0.1) is 0 Å². The van der Waals surface area contributed by atoms with Crippen molar-refractivity contribution in [3.63, 3.8) is 0 Å². The third kappa shape index (κ3) is 2.29. The summed E-state index contributed by atoms with van der Waals surface area (Å²) in [6.07, 6.45) is 4.87. The van der Waals surface area contributed by atoms with Crippen LogP contribution in [0.25, 0.3) is 0 Å². The molecular weight excluding hydrogens is 310 g/mol. The molecule has 0 spiro atoms. The number of likely N-dealkylation sites (tertiary alicyclic amines) is 1. The van der Waals surface area contributed by atoms with Crippen LogP contribution in [0.2, 0.25) is 0 Å². The Balaban J connectivity index is 1.55. The number of nitrogens with zero attached hydrogens (tertiary/aromatic N) is 5. The molecule has 0 saturated carbocycles. The molecule has 8 heteroatoms. The van der Waals surface area contributed by atoms with Crippen molar-refractivity contribution < 1.29 is 14.1 Å². The van der Waals surface area contributed by atoms with Crippen LogP contribution < -0.4 is 9.64 Å². The van der Waals surface area contributed by atoms with Crippen LogP contribution in [0.5, 0.6) is 5.88 Å². The second-order valence-corrected chi connectivity index (χ2v) is 6.12. The van der Waals surface area contributed by atoms with Crippen LogP contribution in [0.1, 0.15) is 29.0 Å². The van der Waals surface area contributed by atoms with Crippen molar-refractivity contribution in [3.8, 4) is 5.88 Å². The Morgan fingerprint density at radius 3 is 2.88 bits per heavy atom. The number of aromatic nitrogens is 3. The Kier molecular flexibility index (Phi) is 3.59. The van der Waals surface area contributed by atoms with E-state index in [0.29, 0.717) is 17.2 Å². The van der Waals surface area contributed by atoms with Gasteiger partial charge in [-0.25, -0.2) is 9.97 Å². The minimum absolute atomic E-state index is 0.00312. The van der Waals surface area contributed by atoms with Crippen LogP contribution in [-0.4, -0.2) is 58.2 Å².